The van der Waals surface area contributed by atoms with Crippen LogP contribution in [0.2, 0.25) is 0 Å². The Hall–Kier alpha value is -1.49. The number of furan rings is 1. The van der Waals surface area contributed by atoms with Gasteiger partial charge in [0.1, 0.15) is 11.4 Å². The molecule has 2 atom stereocenters. The second kappa shape index (κ2) is 7.86. The van der Waals surface area contributed by atoms with Gasteiger partial charge in [-0.15, -0.1) is 0 Å². The molecule has 1 aromatic heterocycles. The molecule has 0 aromatic carbocycles. The molecule has 1 fully saturated rings. The van der Waals surface area contributed by atoms with E-state index in [1.165, 1.54) is 0 Å². The lowest BCUT2D eigenvalue weighted by Gasteiger charge is -2.29. The van der Waals surface area contributed by atoms with E-state index in [1.54, 1.807) is 6.26 Å². The van der Waals surface area contributed by atoms with Gasteiger partial charge in [-0.1, -0.05) is 0 Å². The molecule has 130 valence electrons. The first-order chi connectivity index (χ1) is 10.8. The van der Waals surface area contributed by atoms with Crippen LogP contribution < -0.4 is 5.32 Å². The van der Waals surface area contributed by atoms with E-state index < -0.39 is 5.60 Å². The minimum Gasteiger partial charge on any atom is -0.469 e. The number of likely N-dealkylation sites (tertiary alicyclic amines) is 1. The van der Waals surface area contributed by atoms with Crippen LogP contribution in [0.1, 0.15) is 52.7 Å². The van der Waals surface area contributed by atoms with Gasteiger partial charge < -0.3 is 19.4 Å². The van der Waals surface area contributed by atoms with Gasteiger partial charge in [-0.05, 0) is 65.6 Å². The van der Waals surface area contributed by atoms with Crippen LogP contribution in [0, 0.1) is 0 Å². The second-order valence-electron chi connectivity index (χ2n) is 7.40. The van der Waals surface area contributed by atoms with Crippen LogP contribution in [0.25, 0.3) is 0 Å². The molecule has 1 amide bonds. The Morgan fingerprint density at radius 2 is 2.30 bits per heavy atom. The Labute approximate surface area is 139 Å². The van der Waals surface area contributed by atoms with E-state index in [0.717, 1.165) is 44.5 Å². The summed E-state index contributed by atoms with van der Waals surface area (Å²) in [5.41, 5.74) is -0.431. The monoisotopic (exact) mass is 322 g/mol. The summed E-state index contributed by atoms with van der Waals surface area (Å²) in [5.74, 6) is 1.00. The molecule has 0 bridgehead atoms. The lowest BCUT2D eigenvalue weighted by Crippen LogP contribution is -2.41. The third-order valence-corrected chi connectivity index (χ3v) is 4.06. The summed E-state index contributed by atoms with van der Waals surface area (Å²) in [6, 6.07) is 4.56. The maximum atomic E-state index is 12.3. The van der Waals surface area contributed by atoms with Crippen molar-refractivity contribution in [1.82, 2.24) is 10.2 Å². The van der Waals surface area contributed by atoms with E-state index in [4.69, 9.17) is 9.15 Å². The van der Waals surface area contributed by atoms with E-state index in [2.05, 4.69) is 12.2 Å². The third kappa shape index (κ3) is 5.90. The highest BCUT2D eigenvalue weighted by atomic mass is 16.6. The third-order valence-electron chi connectivity index (χ3n) is 4.06. The second-order valence-corrected chi connectivity index (χ2v) is 7.40. The molecule has 5 heteroatoms. The maximum absolute atomic E-state index is 12.3. The number of hydrogen-bond acceptors (Lipinski definition) is 4. The molecule has 1 saturated heterocycles. The van der Waals surface area contributed by atoms with Crippen LogP contribution in [0.3, 0.4) is 0 Å². The fourth-order valence-corrected chi connectivity index (χ4v) is 3.00. The van der Waals surface area contributed by atoms with Crippen molar-refractivity contribution in [3.8, 4) is 0 Å². The largest absolute Gasteiger partial charge is 0.469 e. The van der Waals surface area contributed by atoms with Gasteiger partial charge in [-0.2, -0.15) is 0 Å². The zero-order chi connectivity index (χ0) is 16.9. The molecule has 1 aliphatic heterocycles. The fourth-order valence-electron chi connectivity index (χ4n) is 3.00. The van der Waals surface area contributed by atoms with E-state index in [9.17, 15) is 4.79 Å². The van der Waals surface area contributed by atoms with Crippen LogP contribution in [0.5, 0.6) is 0 Å². The molecule has 0 spiro atoms. The van der Waals surface area contributed by atoms with Gasteiger partial charge in [0.15, 0.2) is 0 Å². The van der Waals surface area contributed by atoms with E-state index in [1.807, 2.05) is 37.8 Å². The van der Waals surface area contributed by atoms with Crippen molar-refractivity contribution in [2.45, 2.75) is 71.1 Å². The number of carbonyl (C=O) groups is 1. The highest BCUT2D eigenvalue weighted by Crippen LogP contribution is 2.22. The molecule has 0 radical (unpaired) electrons. The number of nitrogens with zero attached hydrogens (tertiary/aromatic N) is 1. The first-order valence-corrected chi connectivity index (χ1v) is 8.60. The smallest absolute Gasteiger partial charge is 0.410 e. The average molecular weight is 322 g/mol. The summed E-state index contributed by atoms with van der Waals surface area (Å²) in [4.78, 5) is 14.1. The van der Waals surface area contributed by atoms with Crippen LogP contribution in [-0.4, -0.2) is 41.8 Å². The summed E-state index contributed by atoms with van der Waals surface area (Å²) in [7, 11) is 0. The van der Waals surface area contributed by atoms with Crippen LogP contribution >= 0.6 is 0 Å². The molecule has 2 unspecified atom stereocenters. The number of hydrogen-bond donors (Lipinski definition) is 1. The maximum Gasteiger partial charge on any atom is 0.410 e. The van der Waals surface area contributed by atoms with Gasteiger partial charge in [0, 0.05) is 25.0 Å². The van der Waals surface area contributed by atoms with Crippen molar-refractivity contribution >= 4 is 6.09 Å². The molecule has 5 nitrogen and oxygen atoms in total. The molecule has 0 aliphatic carbocycles. The topological polar surface area (TPSA) is 54.7 Å². The fraction of sp³-hybridized carbons (Fsp3) is 0.722. The van der Waals surface area contributed by atoms with Crippen LogP contribution in [-0.2, 0) is 11.2 Å². The zero-order valence-corrected chi connectivity index (χ0v) is 14.8. The first kappa shape index (κ1) is 17.9. The SMILES string of the molecule is CC(Cc1ccco1)NCCC1CCCN1C(=O)OC(C)(C)C. The molecule has 0 saturated carbocycles. The number of amides is 1. The van der Waals surface area contributed by atoms with E-state index in [0.29, 0.717) is 6.04 Å². The Morgan fingerprint density at radius 3 is 2.96 bits per heavy atom. The number of rotatable bonds is 6. The molecule has 2 heterocycles. The Kier molecular flexibility index (Phi) is 6.10. The Morgan fingerprint density at radius 1 is 1.52 bits per heavy atom. The van der Waals surface area contributed by atoms with Gasteiger partial charge in [0.2, 0.25) is 0 Å². The summed E-state index contributed by atoms with van der Waals surface area (Å²) < 4.78 is 10.9. The summed E-state index contributed by atoms with van der Waals surface area (Å²) in [5, 5.41) is 3.52. The summed E-state index contributed by atoms with van der Waals surface area (Å²) in [6.45, 7) is 9.59. The molecular formula is C18H30N2O3. The molecule has 2 rings (SSSR count). The Bertz CT molecular complexity index is 479. The minimum atomic E-state index is -0.431. The van der Waals surface area contributed by atoms with Gasteiger partial charge in [0.05, 0.1) is 6.26 Å². The highest BCUT2D eigenvalue weighted by Gasteiger charge is 2.31. The summed E-state index contributed by atoms with van der Waals surface area (Å²) >= 11 is 0. The Balaban J connectivity index is 1.72. The van der Waals surface area contributed by atoms with Gasteiger partial charge in [-0.3, -0.25) is 0 Å². The van der Waals surface area contributed by atoms with Crippen molar-refractivity contribution in [2.75, 3.05) is 13.1 Å². The first-order valence-electron chi connectivity index (χ1n) is 8.60. The molecular weight excluding hydrogens is 292 g/mol. The normalized spacial score (nSPS) is 19.8. The number of ether oxygens (including phenoxy) is 1. The molecule has 1 aliphatic rings. The van der Waals surface area contributed by atoms with Crippen LogP contribution in [0.4, 0.5) is 4.79 Å². The average Bonchev–Trinajstić information content (AvgIpc) is 3.07. The molecule has 1 N–H and O–H groups in total. The van der Waals surface area contributed by atoms with Gasteiger partial charge in [-0.25, -0.2) is 4.79 Å². The van der Waals surface area contributed by atoms with Crippen molar-refractivity contribution < 1.29 is 13.9 Å². The predicted molar refractivity (Wildman–Crippen MR) is 90.5 cm³/mol. The van der Waals surface area contributed by atoms with Gasteiger partial charge >= 0.3 is 6.09 Å². The standard InChI is InChI=1S/C18H30N2O3/c1-14(13-16-8-6-12-22-16)19-10-9-15-7-5-11-20(15)17(21)23-18(2,3)4/h6,8,12,14-15,19H,5,7,9-11,13H2,1-4H3. The quantitative estimate of drug-likeness (QED) is 0.869. The van der Waals surface area contributed by atoms with Crippen molar-refractivity contribution in [3.05, 3.63) is 24.2 Å². The lowest BCUT2D eigenvalue weighted by atomic mass is 10.1. The molecule has 1 aromatic rings. The van der Waals surface area contributed by atoms with Crippen molar-refractivity contribution in [1.29, 1.82) is 0 Å². The van der Waals surface area contributed by atoms with Crippen molar-refractivity contribution in [2.24, 2.45) is 0 Å². The van der Waals surface area contributed by atoms with E-state index in [-0.39, 0.29) is 12.1 Å². The zero-order valence-electron chi connectivity index (χ0n) is 14.8. The van der Waals surface area contributed by atoms with E-state index >= 15 is 0 Å². The van der Waals surface area contributed by atoms with Crippen molar-refractivity contribution in [3.63, 3.8) is 0 Å². The summed E-state index contributed by atoms with van der Waals surface area (Å²) in [6.07, 6.45) is 5.50. The number of nitrogens with one attached hydrogen (secondary N) is 1. The molecule has 23 heavy (non-hydrogen) atoms. The highest BCUT2D eigenvalue weighted by molar-refractivity contribution is 5.68. The number of carbonyl (C=O) groups excluding carboxylic acids is 1. The minimum absolute atomic E-state index is 0.177. The predicted octanol–water partition coefficient (Wildman–Crippen LogP) is 3.59. The lowest BCUT2D eigenvalue weighted by molar-refractivity contribution is 0.0220. The van der Waals surface area contributed by atoms with Crippen LogP contribution in [0.15, 0.2) is 22.8 Å². The van der Waals surface area contributed by atoms with Gasteiger partial charge in [0.25, 0.3) is 0 Å².